The second-order valence-electron chi connectivity index (χ2n) is 8.05. The SMILES string of the molecule is C=CC(C(C)CCCCCCCCCCCCCCCC)N(C)C. The Kier molecular flexibility index (Phi) is 17.3. The molecule has 0 amide bonds. The van der Waals surface area contributed by atoms with Gasteiger partial charge in [-0.05, 0) is 26.4 Å². The number of hydrogen-bond acceptors (Lipinski definition) is 1. The summed E-state index contributed by atoms with van der Waals surface area (Å²) < 4.78 is 0. The van der Waals surface area contributed by atoms with Crippen LogP contribution in [0.15, 0.2) is 12.7 Å². The van der Waals surface area contributed by atoms with Crippen LogP contribution in [0.1, 0.15) is 110 Å². The lowest BCUT2D eigenvalue weighted by molar-refractivity contribution is 0.253. The van der Waals surface area contributed by atoms with E-state index in [-0.39, 0.29) is 0 Å². The summed E-state index contributed by atoms with van der Waals surface area (Å²) in [4.78, 5) is 2.29. The molecule has 2 atom stereocenters. The zero-order valence-corrected chi connectivity index (χ0v) is 17.5. The Bertz CT molecular complexity index is 259. The van der Waals surface area contributed by atoms with Gasteiger partial charge in [0.25, 0.3) is 0 Å². The highest BCUT2D eigenvalue weighted by Crippen LogP contribution is 2.18. The van der Waals surface area contributed by atoms with Crippen LogP contribution in [0.25, 0.3) is 0 Å². The first-order valence-electron chi connectivity index (χ1n) is 10.9. The Morgan fingerprint density at radius 3 is 1.42 bits per heavy atom. The van der Waals surface area contributed by atoms with Gasteiger partial charge >= 0.3 is 0 Å². The molecule has 0 fully saturated rings. The van der Waals surface area contributed by atoms with E-state index in [2.05, 4.69) is 45.5 Å². The molecule has 1 nitrogen and oxygen atoms in total. The molecule has 0 bridgehead atoms. The Labute approximate surface area is 154 Å². The average Bonchev–Trinajstić information content (AvgIpc) is 2.55. The lowest BCUT2D eigenvalue weighted by atomic mass is 9.94. The molecule has 0 aromatic rings. The zero-order chi connectivity index (χ0) is 18.0. The molecule has 0 aromatic carbocycles. The van der Waals surface area contributed by atoms with E-state index in [0.717, 1.165) is 5.92 Å². The molecule has 0 aliphatic rings. The molecule has 0 N–H and O–H groups in total. The van der Waals surface area contributed by atoms with Crippen molar-refractivity contribution in [2.45, 2.75) is 116 Å². The van der Waals surface area contributed by atoms with Crippen LogP contribution in [0.4, 0.5) is 0 Å². The minimum atomic E-state index is 0.534. The molecule has 0 saturated heterocycles. The van der Waals surface area contributed by atoms with E-state index in [0.29, 0.717) is 6.04 Å². The first-order valence-corrected chi connectivity index (χ1v) is 10.9. The highest BCUT2D eigenvalue weighted by molar-refractivity contribution is 4.89. The van der Waals surface area contributed by atoms with Crippen LogP contribution in [0.5, 0.6) is 0 Å². The minimum absolute atomic E-state index is 0.534. The normalized spacial score (nSPS) is 14.0. The van der Waals surface area contributed by atoms with Crippen LogP contribution in [0, 0.1) is 5.92 Å². The van der Waals surface area contributed by atoms with Crippen molar-refractivity contribution >= 4 is 0 Å². The maximum Gasteiger partial charge on any atom is 0.0295 e. The zero-order valence-electron chi connectivity index (χ0n) is 17.5. The predicted octanol–water partition coefficient (Wildman–Crippen LogP) is 7.61. The standard InChI is InChI=1S/C23H47N/c1-6-8-9-10-11-12-13-14-15-16-17-18-19-20-21-22(3)23(7-2)24(4)5/h7,22-23H,2,6,8-21H2,1,3-5H3. The molecule has 0 aliphatic heterocycles. The molecule has 0 radical (unpaired) electrons. The van der Waals surface area contributed by atoms with Gasteiger partial charge in [-0.3, -0.25) is 0 Å². The Hall–Kier alpha value is -0.300. The van der Waals surface area contributed by atoms with Crippen molar-refractivity contribution in [1.82, 2.24) is 4.90 Å². The van der Waals surface area contributed by atoms with Gasteiger partial charge in [-0.25, -0.2) is 0 Å². The smallest absolute Gasteiger partial charge is 0.0295 e. The number of unbranched alkanes of at least 4 members (excludes halogenated alkanes) is 13. The van der Waals surface area contributed by atoms with E-state index in [4.69, 9.17) is 0 Å². The highest BCUT2D eigenvalue weighted by Gasteiger charge is 2.15. The summed E-state index contributed by atoms with van der Waals surface area (Å²) >= 11 is 0. The van der Waals surface area contributed by atoms with E-state index in [9.17, 15) is 0 Å². The topological polar surface area (TPSA) is 3.24 Å². The van der Waals surface area contributed by atoms with Gasteiger partial charge in [-0.15, -0.1) is 6.58 Å². The summed E-state index contributed by atoms with van der Waals surface area (Å²) in [5, 5.41) is 0. The van der Waals surface area contributed by atoms with Crippen molar-refractivity contribution in [3.05, 3.63) is 12.7 Å². The van der Waals surface area contributed by atoms with Crippen LogP contribution >= 0.6 is 0 Å². The quantitative estimate of drug-likeness (QED) is 0.184. The van der Waals surface area contributed by atoms with Gasteiger partial charge in [-0.1, -0.05) is 110 Å². The first kappa shape index (κ1) is 23.7. The third-order valence-electron chi connectivity index (χ3n) is 5.43. The summed E-state index contributed by atoms with van der Waals surface area (Å²) in [5.74, 6) is 0.731. The van der Waals surface area contributed by atoms with Crippen LogP contribution < -0.4 is 0 Å². The molecule has 0 spiro atoms. The van der Waals surface area contributed by atoms with Crippen molar-refractivity contribution in [1.29, 1.82) is 0 Å². The summed E-state index contributed by atoms with van der Waals surface area (Å²) in [6, 6.07) is 0.534. The minimum Gasteiger partial charge on any atom is -0.303 e. The number of rotatable bonds is 18. The van der Waals surface area contributed by atoms with Crippen LogP contribution in [0.3, 0.4) is 0 Å². The van der Waals surface area contributed by atoms with E-state index >= 15 is 0 Å². The molecule has 24 heavy (non-hydrogen) atoms. The average molecular weight is 338 g/mol. The van der Waals surface area contributed by atoms with Crippen molar-refractivity contribution in [3.63, 3.8) is 0 Å². The van der Waals surface area contributed by atoms with Crippen molar-refractivity contribution in [2.24, 2.45) is 5.92 Å². The number of nitrogens with zero attached hydrogens (tertiary/aromatic N) is 1. The Balaban J connectivity index is 3.27. The maximum atomic E-state index is 3.98. The molecular weight excluding hydrogens is 290 g/mol. The van der Waals surface area contributed by atoms with Gasteiger partial charge in [-0.2, -0.15) is 0 Å². The van der Waals surface area contributed by atoms with Crippen molar-refractivity contribution in [3.8, 4) is 0 Å². The molecule has 1 heteroatoms. The van der Waals surface area contributed by atoms with Gasteiger partial charge in [0.05, 0.1) is 0 Å². The van der Waals surface area contributed by atoms with Gasteiger partial charge in [0, 0.05) is 6.04 Å². The number of likely N-dealkylation sites (N-methyl/N-ethyl adjacent to an activating group) is 1. The van der Waals surface area contributed by atoms with Gasteiger partial charge in [0.15, 0.2) is 0 Å². The monoisotopic (exact) mass is 337 g/mol. The van der Waals surface area contributed by atoms with Crippen LogP contribution in [0.2, 0.25) is 0 Å². The van der Waals surface area contributed by atoms with E-state index in [1.165, 1.54) is 96.3 Å². The second-order valence-corrected chi connectivity index (χ2v) is 8.05. The molecule has 0 aromatic heterocycles. The highest BCUT2D eigenvalue weighted by atomic mass is 15.1. The molecule has 0 heterocycles. The third kappa shape index (κ3) is 14.1. The van der Waals surface area contributed by atoms with E-state index in [1.807, 2.05) is 0 Å². The fourth-order valence-corrected chi connectivity index (χ4v) is 3.78. The van der Waals surface area contributed by atoms with Gasteiger partial charge in [0.1, 0.15) is 0 Å². The fraction of sp³-hybridized carbons (Fsp3) is 0.913. The number of hydrogen-bond donors (Lipinski definition) is 0. The van der Waals surface area contributed by atoms with Crippen molar-refractivity contribution < 1.29 is 0 Å². The lowest BCUT2D eigenvalue weighted by Crippen LogP contribution is -2.31. The summed E-state index contributed by atoms with van der Waals surface area (Å²) in [6.45, 7) is 8.64. The van der Waals surface area contributed by atoms with Crippen LogP contribution in [-0.4, -0.2) is 25.0 Å². The maximum absolute atomic E-state index is 3.98. The molecule has 2 unspecified atom stereocenters. The lowest BCUT2D eigenvalue weighted by Gasteiger charge is -2.27. The van der Waals surface area contributed by atoms with E-state index < -0.39 is 0 Å². The first-order chi connectivity index (χ1) is 11.6. The molecular formula is C23H47N. The Morgan fingerprint density at radius 2 is 1.08 bits per heavy atom. The fourth-order valence-electron chi connectivity index (χ4n) is 3.78. The van der Waals surface area contributed by atoms with Crippen LogP contribution in [-0.2, 0) is 0 Å². The largest absolute Gasteiger partial charge is 0.303 e. The molecule has 0 aliphatic carbocycles. The Morgan fingerprint density at radius 1 is 0.708 bits per heavy atom. The molecule has 144 valence electrons. The summed E-state index contributed by atoms with van der Waals surface area (Å²) in [7, 11) is 4.32. The molecule has 0 rings (SSSR count). The molecule has 0 saturated carbocycles. The third-order valence-corrected chi connectivity index (χ3v) is 5.43. The predicted molar refractivity (Wildman–Crippen MR) is 112 cm³/mol. The van der Waals surface area contributed by atoms with Gasteiger partial charge in [0.2, 0.25) is 0 Å². The van der Waals surface area contributed by atoms with Gasteiger partial charge < -0.3 is 4.90 Å². The summed E-state index contributed by atoms with van der Waals surface area (Å²) in [5.41, 5.74) is 0. The summed E-state index contributed by atoms with van der Waals surface area (Å²) in [6.07, 6.45) is 23.6. The second kappa shape index (κ2) is 17.5. The van der Waals surface area contributed by atoms with Crippen molar-refractivity contribution in [2.75, 3.05) is 14.1 Å². The van der Waals surface area contributed by atoms with E-state index in [1.54, 1.807) is 0 Å².